The number of carbonyl (C=O) groups is 3. The molecule has 1 heterocycles. The van der Waals surface area contributed by atoms with Gasteiger partial charge in [0.2, 0.25) is 0 Å². The predicted molar refractivity (Wildman–Crippen MR) is 114 cm³/mol. The summed E-state index contributed by atoms with van der Waals surface area (Å²) in [6.07, 6.45) is 0.479. The first-order chi connectivity index (χ1) is 13.8. The molecule has 8 heteroatoms. The van der Waals surface area contributed by atoms with Crippen LogP contribution in [0.15, 0.2) is 42.5 Å². The van der Waals surface area contributed by atoms with Crippen LogP contribution in [0.2, 0.25) is 0 Å². The second kappa shape index (κ2) is 9.93. The van der Waals surface area contributed by atoms with Gasteiger partial charge in [-0.05, 0) is 36.6 Å². The molecule has 151 valence electrons. The van der Waals surface area contributed by atoms with Crippen LogP contribution in [0.1, 0.15) is 34.1 Å². The van der Waals surface area contributed by atoms with Crippen molar-refractivity contribution in [1.29, 1.82) is 0 Å². The van der Waals surface area contributed by atoms with Crippen LogP contribution in [0.3, 0.4) is 0 Å². The van der Waals surface area contributed by atoms with E-state index in [9.17, 15) is 14.4 Å². The van der Waals surface area contributed by atoms with Gasteiger partial charge in [-0.15, -0.1) is 0 Å². The zero-order valence-electron chi connectivity index (χ0n) is 17.3. The number of ether oxygens (including phenoxy) is 1. The third-order valence-electron chi connectivity index (χ3n) is 4.70. The number of fused-ring (bicyclic) bond motifs is 1. The summed E-state index contributed by atoms with van der Waals surface area (Å²) in [5.74, 6) is -2.78. The van der Waals surface area contributed by atoms with Crippen molar-refractivity contribution in [3.05, 3.63) is 64.8 Å². The number of aryl methyl sites for hydroxylation is 1. The van der Waals surface area contributed by atoms with Crippen molar-refractivity contribution in [3.63, 3.8) is 0 Å². The van der Waals surface area contributed by atoms with Crippen LogP contribution in [0.25, 0.3) is 10.9 Å². The Morgan fingerprint density at radius 2 is 1.80 bits per heavy atom. The summed E-state index contributed by atoms with van der Waals surface area (Å²) < 4.78 is 7.44. The van der Waals surface area contributed by atoms with E-state index >= 15 is 0 Å². The first-order valence-corrected chi connectivity index (χ1v) is 9.21. The summed E-state index contributed by atoms with van der Waals surface area (Å²) in [6, 6.07) is 13.3. The van der Waals surface area contributed by atoms with Crippen molar-refractivity contribution < 1.29 is 24.2 Å². The number of ketones is 1. The van der Waals surface area contributed by atoms with E-state index in [2.05, 4.69) is 0 Å². The largest absolute Gasteiger partial charge is 0.481 e. The number of carbonyl (C=O) groups excluding carboxylic acids is 2. The fourth-order valence-electron chi connectivity index (χ4n) is 3.56. The van der Waals surface area contributed by atoms with E-state index in [-0.39, 0.29) is 40.9 Å². The topological polar surface area (TPSA) is 112 Å². The third kappa shape index (κ3) is 4.75. The molecule has 0 aliphatic heterocycles. The minimum absolute atomic E-state index is 0. The maximum Gasteiger partial charge on any atom is 0.341 e. The van der Waals surface area contributed by atoms with E-state index < -0.39 is 24.3 Å². The monoisotopic (exact) mass is 417 g/mol. The number of carboxylic acid groups (broad SMARTS) is 1. The maximum atomic E-state index is 12.7. The number of rotatable bonds is 8. The molecule has 0 aliphatic carbocycles. The molecule has 0 fully saturated rings. The minimum Gasteiger partial charge on any atom is -0.481 e. The van der Waals surface area contributed by atoms with E-state index in [0.717, 1.165) is 11.1 Å². The van der Waals surface area contributed by atoms with Gasteiger partial charge in [-0.3, -0.25) is 9.59 Å². The van der Waals surface area contributed by atoms with Gasteiger partial charge in [0.25, 0.3) is 11.7 Å². The molecule has 0 aliphatic rings. The molecule has 1 radical (unpaired) electrons. The zero-order chi connectivity index (χ0) is 21.1. The number of Topliss-reactive ketones (excluding diaryl/α,β-unsaturated/α-hetero) is 1. The van der Waals surface area contributed by atoms with Crippen molar-refractivity contribution in [2.75, 3.05) is 6.61 Å². The third-order valence-corrected chi connectivity index (χ3v) is 4.70. The molecule has 3 aromatic rings. The van der Waals surface area contributed by atoms with E-state index in [1.165, 1.54) is 0 Å². The second-order valence-corrected chi connectivity index (χ2v) is 6.78. The molecule has 7 nitrogen and oxygen atoms in total. The van der Waals surface area contributed by atoms with Gasteiger partial charge in [-0.2, -0.15) is 0 Å². The molecule has 0 unspecified atom stereocenters. The van der Waals surface area contributed by atoms with Crippen LogP contribution in [0.4, 0.5) is 0 Å². The van der Waals surface area contributed by atoms with Crippen LogP contribution in [0, 0.1) is 6.92 Å². The molecule has 3 N–H and O–H groups in total. The summed E-state index contributed by atoms with van der Waals surface area (Å²) >= 11 is 0. The molecule has 1 amide bonds. The molecular weight excluding hydrogens is 395 g/mol. The normalized spacial score (nSPS) is 10.5. The molecule has 0 spiro atoms. The van der Waals surface area contributed by atoms with E-state index in [4.69, 9.17) is 15.6 Å². The van der Waals surface area contributed by atoms with Crippen LogP contribution < -0.4 is 10.5 Å². The predicted octanol–water partition coefficient (Wildman–Crippen LogP) is 2.31. The number of amides is 1. The number of nitrogens with zero attached hydrogens (tertiary/aromatic N) is 1. The first kappa shape index (κ1) is 23.7. The minimum atomic E-state index is -1.14. The Bertz CT molecular complexity index is 1110. The van der Waals surface area contributed by atoms with Gasteiger partial charge in [0, 0.05) is 41.8 Å². The van der Waals surface area contributed by atoms with Gasteiger partial charge in [0.15, 0.2) is 6.61 Å². The number of hydrogen-bond acceptors (Lipinski definition) is 4. The van der Waals surface area contributed by atoms with Crippen molar-refractivity contribution in [2.24, 2.45) is 5.73 Å². The SMILES string of the molecule is CCc1c(C(=O)C(N)=O)c2c(OCC(=O)O)cc(C)cc2n1Cc1ccccc1.[Na]. The number of aromatic nitrogens is 1. The Balaban J connectivity index is 0.00000320. The summed E-state index contributed by atoms with van der Waals surface area (Å²) in [4.78, 5) is 35.5. The average molecular weight is 417 g/mol. The summed E-state index contributed by atoms with van der Waals surface area (Å²) in [7, 11) is 0. The first-order valence-electron chi connectivity index (χ1n) is 9.21. The second-order valence-electron chi connectivity index (χ2n) is 6.78. The Hall–Kier alpha value is -2.61. The molecule has 1 aromatic heterocycles. The van der Waals surface area contributed by atoms with Crippen molar-refractivity contribution in [1.82, 2.24) is 4.57 Å². The zero-order valence-corrected chi connectivity index (χ0v) is 19.3. The van der Waals surface area contributed by atoms with Gasteiger partial charge >= 0.3 is 5.97 Å². The smallest absolute Gasteiger partial charge is 0.341 e. The van der Waals surface area contributed by atoms with Crippen molar-refractivity contribution >= 4 is 58.1 Å². The number of benzene rings is 2. The van der Waals surface area contributed by atoms with Gasteiger partial charge in [0.1, 0.15) is 5.75 Å². The molecule has 0 bridgehead atoms. The van der Waals surface area contributed by atoms with E-state index in [1.54, 1.807) is 6.07 Å². The quantitative estimate of drug-likeness (QED) is 0.332. The number of primary amides is 1. The Morgan fingerprint density at radius 3 is 2.37 bits per heavy atom. The molecule has 2 aromatic carbocycles. The maximum absolute atomic E-state index is 12.7. The Kier molecular flexibility index (Phi) is 7.83. The van der Waals surface area contributed by atoms with Gasteiger partial charge < -0.3 is 20.1 Å². The number of aliphatic carboxylic acids is 1. The molecule has 30 heavy (non-hydrogen) atoms. The Labute approximate surface area is 196 Å². The molecule has 0 saturated heterocycles. The van der Waals surface area contributed by atoms with Crippen molar-refractivity contribution in [3.8, 4) is 5.75 Å². The molecule has 0 saturated carbocycles. The van der Waals surface area contributed by atoms with Crippen molar-refractivity contribution in [2.45, 2.75) is 26.8 Å². The number of hydrogen-bond donors (Lipinski definition) is 2. The summed E-state index contributed by atoms with van der Waals surface area (Å²) in [6.45, 7) is 3.66. The van der Waals surface area contributed by atoms with Crippen LogP contribution in [-0.2, 0) is 22.6 Å². The number of carboxylic acids is 1. The van der Waals surface area contributed by atoms with Crippen LogP contribution in [0.5, 0.6) is 5.75 Å². The average Bonchev–Trinajstić information content (AvgIpc) is 2.99. The number of nitrogens with two attached hydrogens (primary N) is 1. The van der Waals surface area contributed by atoms with Crippen LogP contribution in [-0.4, -0.2) is 63.5 Å². The van der Waals surface area contributed by atoms with Gasteiger partial charge in [-0.25, -0.2) is 4.79 Å². The molecular formula is C22H22N2NaO5. The summed E-state index contributed by atoms with van der Waals surface area (Å²) in [5.41, 5.74) is 8.69. The fourth-order valence-corrected chi connectivity index (χ4v) is 3.56. The van der Waals surface area contributed by atoms with Gasteiger partial charge in [0.05, 0.1) is 16.5 Å². The molecule has 0 atom stereocenters. The molecule has 3 rings (SSSR count). The fraction of sp³-hybridized carbons (Fsp3) is 0.227. The Morgan fingerprint density at radius 1 is 1.13 bits per heavy atom. The van der Waals surface area contributed by atoms with Crippen LogP contribution >= 0.6 is 0 Å². The van der Waals surface area contributed by atoms with E-state index in [0.29, 0.717) is 29.6 Å². The van der Waals surface area contributed by atoms with Gasteiger partial charge in [-0.1, -0.05) is 37.3 Å². The standard InChI is InChI=1S/C22H22N2O5.Na/c1-3-15-20(21(27)22(23)28)19-16(24(15)11-14-7-5-4-6-8-14)9-13(2)10-17(19)29-12-18(25)26;/h4-10H,3,11-12H2,1-2H3,(H2,23,28)(H,25,26);. The summed E-state index contributed by atoms with van der Waals surface area (Å²) in [5, 5.41) is 9.42. The van der Waals surface area contributed by atoms with E-state index in [1.807, 2.05) is 54.8 Å².